The van der Waals surface area contributed by atoms with Crippen LogP contribution in [-0.4, -0.2) is 57.6 Å². The van der Waals surface area contributed by atoms with E-state index in [0.717, 1.165) is 10.6 Å². The number of amides is 2. The van der Waals surface area contributed by atoms with Gasteiger partial charge in [0, 0.05) is 28.7 Å². The minimum absolute atomic E-state index is 0.0729. The van der Waals surface area contributed by atoms with E-state index in [0.29, 0.717) is 28.6 Å². The first-order chi connectivity index (χ1) is 16.0. The van der Waals surface area contributed by atoms with Gasteiger partial charge in [-0.15, -0.1) is 0 Å². The zero-order valence-corrected chi connectivity index (χ0v) is 21.9. The summed E-state index contributed by atoms with van der Waals surface area (Å²) >= 11 is 12.7. The van der Waals surface area contributed by atoms with E-state index in [-0.39, 0.29) is 23.9 Å². The molecule has 8 nitrogen and oxygen atoms in total. The van der Waals surface area contributed by atoms with Crippen molar-refractivity contribution in [1.29, 1.82) is 0 Å². The average molecular weight is 530 g/mol. The number of methoxy groups -OCH3 is 1. The van der Waals surface area contributed by atoms with E-state index in [1.165, 1.54) is 12.0 Å². The summed E-state index contributed by atoms with van der Waals surface area (Å²) in [7, 11) is -2.47. The number of anilines is 1. The molecule has 0 unspecified atom stereocenters. The molecule has 0 bridgehead atoms. The van der Waals surface area contributed by atoms with E-state index >= 15 is 0 Å². The van der Waals surface area contributed by atoms with Crippen LogP contribution in [0.3, 0.4) is 0 Å². The lowest BCUT2D eigenvalue weighted by atomic mass is 10.1. The van der Waals surface area contributed by atoms with Crippen molar-refractivity contribution in [2.45, 2.75) is 32.9 Å². The lowest BCUT2D eigenvalue weighted by molar-refractivity contribution is -0.140. The molecule has 1 atom stereocenters. The standard InChI is InChI=1S/C23H29Cl2N3O5S/c1-5-19(23(30)26-6-2)27(14-16-17(24)10-9-11-18(16)25)22(29)15-28(34(4,31)32)20-12-7-8-13-21(20)33-3/h7-13,19H,5-6,14-15H2,1-4H3,(H,26,30)/t19-/m0/s1. The van der Waals surface area contributed by atoms with Crippen molar-refractivity contribution in [3.05, 3.63) is 58.1 Å². The molecule has 186 valence electrons. The van der Waals surface area contributed by atoms with Crippen LogP contribution in [0.15, 0.2) is 42.5 Å². The van der Waals surface area contributed by atoms with Crippen LogP contribution in [0.2, 0.25) is 10.0 Å². The molecule has 0 aliphatic heterocycles. The van der Waals surface area contributed by atoms with Crippen molar-refractivity contribution >= 4 is 50.7 Å². The van der Waals surface area contributed by atoms with Gasteiger partial charge in [-0.05, 0) is 37.6 Å². The Labute approximate surface area is 210 Å². The summed E-state index contributed by atoms with van der Waals surface area (Å²) in [6.45, 7) is 3.30. The highest BCUT2D eigenvalue weighted by Gasteiger charge is 2.33. The van der Waals surface area contributed by atoms with Gasteiger partial charge in [0.25, 0.3) is 0 Å². The molecule has 34 heavy (non-hydrogen) atoms. The van der Waals surface area contributed by atoms with Crippen LogP contribution in [0.25, 0.3) is 0 Å². The monoisotopic (exact) mass is 529 g/mol. The number of sulfonamides is 1. The number of carbonyl (C=O) groups is 2. The Morgan fingerprint density at radius 3 is 2.21 bits per heavy atom. The number of carbonyl (C=O) groups excluding carboxylic acids is 2. The molecule has 1 N–H and O–H groups in total. The average Bonchev–Trinajstić information content (AvgIpc) is 2.78. The third-order valence-corrected chi connectivity index (χ3v) is 6.99. The second kappa shape index (κ2) is 12.3. The van der Waals surface area contributed by atoms with Crippen LogP contribution in [0, 0.1) is 0 Å². The summed E-state index contributed by atoms with van der Waals surface area (Å²) in [5.74, 6) is -0.660. The molecule has 0 radical (unpaired) electrons. The lowest BCUT2D eigenvalue weighted by Gasteiger charge is -2.33. The second-order valence-corrected chi connectivity index (χ2v) is 10.2. The predicted octanol–water partition coefficient (Wildman–Crippen LogP) is 3.71. The van der Waals surface area contributed by atoms with Crippen LogP contribution >= 0.6 is 23.2 Å². The number of rotatable bonds is 11. The van der Waals surface area contributed by atoms with Crippen molar-refractivity contribution < 1.29 is 22.7 Å². The molecule has 0 fully saturated rings. The van der Waals surface area contributed by atoms with Gasteiger partial charge in [0.2, 0.25) is 21.8 Å². The SMILES string of the molecule is CCNC(=O)[C@H](CC)N(Cc1c(Cl)cccc1Cl)C(=O)CN(c1ccccc1OC)S(C)(=O)=O. The summed E-state index contributed by atoms with van der Waals surface area (Å²) in [5, 5.41) is 3.40. The number of halogens is 2. The number of hydrogen-bond donors (Lipinski definition) is 1. The number of hydrogen-bond acceptors (Lipinski definition) is 5. The molecular formula is C23H29Cl2N3O5S. The highest BCUT2D eigenvalue weighted by molar-refractivity contribution is 7.92. The Morgan fingerprint density at radius 1 is 1.06 bits per heavy atom. The third kappa shape index (κ3) is 6.77. The Hall–Kier alpha value is -2.49. The summed E-state index contributed by atoms with van der Waals surface area (Å²) in [5.41, 5.74) is 0.674. The van der Waals surface area contributed by atoms with Gasteiger partial charge < -0.3 is 15.0 Å². The highest BCUT2D eigenvalue weighted by atomic mass is 35.5. The van der Waals surface area contributed by atoms with Gasteiger partial charge in [0.15, 0.2) is 0 Å². The number of nitrogens with one attached hydrogen (secondary N) is 1. The van der Waals surface area contributed by atoms with Gasteiger partial charge in [-0.2, -0.15) is 0 Å². The molecule has 0 aromatic heterocycles. The fraction of sp³-hybridized carbons (Fsp3) is 0.391. The van der Waals surface area contributed by atoms with E-state index in [2.05, 4.69) is 5.32 Å². The molecule has 2 aromatic rings. The largest absolute Gasteiger partial charge is 0.495 e. The maximum absolute atomic E-state index is 13.6. The van der Waals surface area contributed by atoms with Gasteiger partial charge in [-0.25, -0.2) is 8.42 Å². The predicted molar refractivity (Wildman–Crippen MR) is 135 cm³/mol. The highest BCUT2D eigenvalue weighted by Crippen LogP contribution is 2.31. The zero-order chi connectivity index (χ0) is 25.5. The zero-order valence-electron chi connectivity index (χ0n) is 19.5. The van der Waals surface area contributed by atoms with Crippen LogP contribution < -0.4 is 14.4 Å². The van der Waals surface area contributed by atoms with Crippen LogP contribution in [-0.2, 0) is 26.2 Å². The smallest absolute Gasteiger partial charge is 0.244 e. The number of likely N-dealkylation sites (N-methyl/N-ethyl adjacent to an activating group) is 1. The fourth-order valence-electron chi connectivity index (χ4n) is 3.50. The second-order valence-electron chi connectivity index (χ2n) is 7.48. The van der Waals surface area contributed by atoms with Crippen molar-refractivity contribution in [3.63, 3.8) is 0 Å². The maximum atomic E-state index is 13.6. The minimum Gasteiger partial charge on any atom is -0.495 e. The fourth-order valence-corrected chi connectivity index (χ4v) is 4.87. The first kappa shape index (κ1) is 27.8. The summed E-state index contributed by atoms with van der Waals surface area (Å²) < 4.78 is 31.6. The van der Waals surface area contributed by atoms with Gasteiger partial charge in [0.1, 0.15) is 18.3 Å². The quantitative estimate of drug-likeness (QED) is 0.478. The van der Waals surface area contributed by atoms with E-state index in [1.807, 2.05) is 0 Å². The van der Waals surface area contributed by atoms with E-state index < -0.39 is 28.5 Å². The molecule has 2 rings (SSSR count). The van der Waals surface area contributed by atoms with Crippen LogP contribution in [0.1, 0.15) is 25.8 Å². The Morgan fingerprint density at radius 2 is 1.68 bits per heavy atom. The lowest BCUT2D eigenvalue weighted by Crippen LogP contribution is -2.52. The van der Waals surface area contributed by atoms with Gasteiger partial charge >= 0.3 is 0 Å². The van der Waals surface area contributed by atoms with E-state index in [9.17, 15) is 18.0 Å². The Balaban J connectivity index is 2.53. The topological polar surface area (TPSA) is 96.0 Å². The minimum atomic E-state index is -3.88. The summed E-state index contributed by atoms with van der Waals surface area (Å²) in [4.78, 5) is 27.7. The van der Waals surface area contributed by atoms with Crippen LogP contribution in [0.5, 0.6) is 5.75 Å². The number of nitrogens with zero attached hydrogens (tertiary/aromatic N) is 2. The molecule has 0 saturated carbocycles. The Bertz CT molecular complexity index is 1110. The molecule has 0 spiro atoms. The molecule has 2 amide bonds. The molecule has 0 heterocycles. The molecular weight excluding hydrogens is 501 g/mol. The summed E-state index contributed by atoms with van der Waals surface area (Å²) in [6.07, 6.45) is 1.30. The number of ether oxygens (including phenoxy) is 1. The number of benzene rings is 2. The molecule has 2 aromatic carbocycles. The number of para-hydroxylation sites is 2. The molecule has 0 saturated heterocycles. The van der Waals surface area contributed by atoms with Crippen LogP contribution in [0.4, 0.5) is 5.69 Å². The molecule has 11 heteroatoms. The van der Waals surface area contributed by atoms with Crippen molar-refractivity contribution in [2.75, 3.05) is 30.8 Å². The van der Waals surface area contributed by atoms with E-state index in [4.69, 9.17) is 27.9 Å². The first-order valence-electron chi connectivity index (χ1n) is 10.7. The van der Waals surface area contributed by atoms with Gasteiger partial charge in [0.05, 0.1) is 19.1 Å². The van der Waals surface area contributed by atoms with Gasteiger partial charge in [-0.3, -0.25) is 13.9 Å². The first-order valence-corrected chi connectivity index (χ1v) is 13.3. The maximum Gasteiger partial charge on any atom is 0.244 e. The van der Waals surface area contributed by atoms with Crippen molar-refractivity contribution in [1.82, 2.24) is 10.2 Å². The third-order valence-electron chi connectivity index (χ3n) is 5.16. The summed E-state index contributed by atoms with van der Waals surface area (Å²) in [6, 6.07) is 10.6. The van der Waals surface area contributed by atoms with Gasteiger partial charge in [-0.1, -0.05) is 48.3 Å². The van der Waals surface area contributed by atoms with Crippen molar-refractivity contribution in [2.24, 2.45) is 0 Å². The molecule has 0 aliphatic carbocycles. The van der Waals surface area contributed by atoms with Crippen molar-refractivity contribution in [3.8, 4) is 5.75 Å². The molecule has 0 aliphatic rings. The Kier molecular flexibility index (Phi) is 10.0. The normalized spacial score (nSPS) is 12.1. The van der Waals surface area contributed by atoms with E-state index in [1.54, 1.807) is 56.3 Å².